The summed E-state index contributed by atoms with van der Waals surface area (Å²) in [6.07, 6.45) is 0.436. The molecule has 6 nitrogen and oxygen atoms in total. The Morgan fingerprint density at radius 3 is 2.64 bits per heavy atom. The van der Waals surface area contributed by atoms with Crippen molar-refractivity contribution in [1.82, 2.24) is 0 Å². The summed E-state index contributed by atoms with van der Waals surface area (Å²) >= 11 is 0. The lowest BCUT2D eigenvalue weighted by atomic mass is 10.2. The Labute approximate surface area is 146 Å². The van der Waals surface area contributed by atoms with Crippen molar-refractivity contribution in [3.05, 3.63) is 54.1 Å². The first-order valence-electron chi connectivity index (χ1n) is 7.75. The van der Waals surface area contributed by atoms with E-state index in [1.165, 1.54) is 18.2 Å². The molecule has 0 spiro atoms. The molecule has 1 unspecified atom stereocenters. The lowest BCUT2D eigenvalue weighted by Gasteiger charge is -2.13. The van der Waals surface area contributed by atoms with E-state index >= 15 is 0 Å². The molecule has 3 rings (SSSR count). The molecule has 1 atom stereocenters. The maximum atomic E-state index is 13.0. The predicted octanol–water partition coefficient (Wildman–Crippen LogP) is 1.75. The van der Waals surface area contributed by atoms with Crippen LogP contribution in [0.5, 0.6) is 5.75 Å². The molecule has 0 amide bonds. The summed E-state index contributed by atoms with van der Waals surface area (Å²) in [5.74, 6) is -0.0896. The first kappa shape index (κ1) is 17.9. The Hall–Kier alpha value is -1.90. The Morgan fingerprint density at radius 2 is 1.88 bits per heavy atom. The van der Waals surface area contributed by atoms with E-state index < -0.39 is 30.7 Å². The van der Waals surface area contributed by atoms with Gasteiger partial charge in [-0.15, -0.1) is 0 Å². The standard InChI is InChI=1S/C17H18O6S2/c18-9-4-10-23-13-5-3-6-14(11-13)25(21,22)17-12-24(19,20)16-8-2-1-7-15(16)17/h1-3,5-8,11,17-18H,4,9-10,12H2. The minimum Gasteiger partial charge on any atom is -0.493 e. The van der Waals surface area contributed by atoms with Crippen LogP contribution in [0.2, 0.25) is 0 Å². The van der Waals surface area contributed by atoms with Crippen LogP contribution in [0.3, 0.4) is 0 Å². The van der Waals surface area contributed by atoms with E-state index in [1.54, 1.807) is 30.3 Å². The second kappa shape index (κ2) is 6.78. The molecule has 1 N–H and O–H groups in total. The van der Waals surface area contributed by atoms with Gasteiger partial charge < -0.3 is 9.84 Å². The number of sulfone groups is 2. The summed E-state index contributed by atoms with van der Waals surface area (Å²) in [6, 6.07) is 12.2. The largest absolute Gasteiger partial charge is 0.493 e. The molecular weight excluding hydrogens is 364 g/mol. The molecule has 0 saturated heterocycles. The molecule has 1 heterocycles. The number of rotatable bonds is 6. The fourth-order valence-electron chi connectivity index (χ4n) is 2.83. The molecule has 0 saturated carbocycles. The monoisotopic (exact) mass is 382 g/mol. The maximum Gasteiger partial charge on any atom is 0.186 e. The van der Waals surface area contributed by atoms with Gasteiger partial charge in [0.1, 0.15) is 11.0 Å². The number of hydrogen-bond donors (Lipinski definition) is 1. The summed E-state index contributed by atoms with van der Waals surface area (Å²) < 4.78 is 56.0. The highest BCUT2D eigenvalue weighted by Gasteiger charge is 2.42. The highest BCUT2D eigenvalue weighted by molar-refractivity contribution is 7.96. The summed E-state index contributed by atoms with van der Waals surface area (Å²) in [5, 5.41) is 7.66. The van der Waals surface area contributed by atoms with Gasteiger partial charge in [0.25, 0.3) is 0 Å². The third-order valence-electron chi connectivity index (χ3n) is 4.05. The predicted molar refractivity (Wildman–Crippen MR) is 92.1 cm³/mol. The van der Waals surface area contributed by atoms with E-state index in [4.69, 9.17) is 9.84 Å². The van der Waals surface area contributed by atoms with Crippen LogP contribution >= 0.6 is 0 Å². The Morgan fingerprint density at radius 1 is 1.12 bits per heavy atom. The highest BCUT2D eigenvalue weighted by atomic mass is 32.2. The van der Waals surface area contributed by atoms with Crippen LogP contribution in [0.15, 0.2) is 58.3 Å². The molecule has 25 heavy (non-hydrogen) atoms. The highest BCUT2D eigenvalue weighted by Crippen LogP contribution is 2.41. The molecule has 1 aliphatic rings. The van der Waals surface area contributed by atoms with Gasteiger partial charge in [-0.3, -0.25) is 0 Å². The van der Waals surface area contributed by atoms with Crippen LogP contribution in [-0.2, 0) is 19.7 Å². The molecular formula is C17H18O6S2. The lowest BCUT2D eigenvalue weighted by molar-refractivity contribution is 0.233. The smallest absolute Gasteiger partial charge is 0.186 e. The summed E-state index contributed by atoms with van der Waals surface area (Å²) in [4.78, 5) is 0.102. The third kappa shape index (κ3) is 3.42. The number of aliphatic hydroxyl groups is 1. The van der Waals surface area contributed by atoms with Crippen LogP contribution in [0.25, 0.3) is 0 Å². The first-order valence-corrected chi connectivity index (χ1v) is 11.0. The molecule has 0 aliphatic carbocycles. The van der Waals surface area contributed by atoms with Crippen LogP contribution in [0.1, 0.15) is 17.2 Å². The van der Waals surface area contributed by atoms with Gasteiger partial charge in [0, 0.05) is 13.0 Å². The Balaban J connectivity index is 1.97. The van der Waals surface area contributed by atoms with Crippen LogP contribution < -0.4 is 4.74 Å². The van der Waals surface area contributed by atoms with Gasteiger partial charge in [0.2, 0.25) is 0 Å². The van der Waals surface area contributed by atoms with Gasteiger partial charge >= 0.3 is 0 Å². The summed E-state index contributed by atoms with van der Waals surface area (Å²) in [6.45, 7) is 0.245. The average molecular weight is 382 g/mol. The summed E-state index contributed by atoms with van der Waals surface area (Å²) in [5.41, 5.74) is 0.314. The number of aliphatic hydroxyl groups excluding tert-OH is 1. The molecule has 2 aromatic carbocycles. The molecule has 1 aliphatic heterocycles. The van der Waals surface area contributed by atoms with E-state index in [1.807, 2.05) is 0 Å². The summed E-state index contributed by atoms with van der Waals surface area (Å²) in [7, 11) is -7.50. The first-order chi connectivity index (χ1) is 11.9. The second-order valence-electron chi connectivity index (χ2n) is 5.75. The zero-order chi connectivity index (χ0) is 18.1. The van der Waals surface area contributed by atoms with Gasteiger partial charge in [-0.25, -0.2) is 16.8 Å². The van der Waals surface area contributed by atoms with Gasteiger partial charge in [0.15, 0.2) is 19.7 Å². The molecule has 0 fully saturated rings. The van der Waals surface area contributed by atoms with Crippen molar-refractivity contribution in [1.29, 1.82) is 0 Å². The van der Waals surface area contributed by atoms with Crippen molar-refractivity contribution in [3.8, 4) is 5.75 Å². The van der Waals surface area contributed by atoms with E-state index in [9.17, 15) is 16.8 Å². The second-order valence-corrected chi connectivity index (χ2v) is 9.89. The normalized spacial score (nSPS) is 18.7. The van der Waals surface area contributed by atoms with Crippen molar-refractivity contribution in [3.63, 3.8) is 0 Å². The number of hydrogen-bond acceptors (Lipinski definition) is 6. The fraction of sp³-hybridized carbons (Fsp3) is 0.294. The number of fused-ring (bicyclic) bond motifs is 1. The van der Waals surface area contributed by atoms with Gasteiger partial charge in [-0.1, -0.05) is 24.3 Å². The zero-order valence-corrected chi connectivity index (χ0v) is 15.0. The molecule has 134 valence electrons. The van der Waals surface area contributed by atoms with Crippen molar-refractivity contribution in [2.24, 2.45) is 0 Å². The minimum atomic E-state index is -3.88. The van der Waals surface area contributed by atoms with E-state index in [0.29, 0.717) is 17.7 Å². The number of ether oxygens (including phenoxy) is 1. The fourth-order valence-corrected chi connectivity index (χ4v) is 7.18. The van der Waals surface area contributed by atoms with Crippen molar-refractivity contribution in [2.75, 3.05) is 19.0 Å². The van der Waals surface area contributed by atoms with Crippen LogP contribution in [0.4, 0.5) is 0 Å². The molecule has 8 heteroatoms. The maximum absolute atomic E-state index is 13.0. The molecule has 0 aromatic heterocycles. The average Bonchev–Trinajstić information content (AvgIpc) is 2.88. The van der Waals surface area contributed by atoms with Crippen LogP contribution in [-0.4, -0.2) is 40.9 Å². The topological polar surface area (TPSA) is 97.7 Å². The van der Waals surface area contributed by atoms with Crippen LogP contribution in [0, 0.1) is 0 Å². The van der Waals surface area contributed by atoms with Crippen molar-refractivity contribution in [2.45, 2.75) is 21.5 Å². The number of benzene rings is 2. The van der Waals surface area contributed by atoms with Crippen molar-refractivity contribution >= 4 is 19.7 Å². The Kier molecular flexibility index (Phi) is 4.86. The van der Waals surface area contributed by atoms with Gasteiger partial charge in [-0.2, -0.15) is 0 Å². The lowest BCUT2D eigenvalue weighted by Crippen LogP contribution is -2.16. The quantitative estimate of drug-likeness (QED) is 0.765. The zero-order valence-electron chi connectivity index (χ0n) is 13.3. The van der Waals surface area contributed by atoms with Crippen molar-refractivity contribution < 1.29 is 26.7 Å². The van der Waals surface area contributed by atoms with E-state index in [0.717, 1.165) is 0 Å². The molecule has 0 radical (unpaired) electrons. The Bertz CT molecular complexity index is 980. The molecule has 0 bridgehead atoms. The minimum absolute atomic E-state index is 0.0191. The van der Waals surface area contributed by atoms with Gasteiger partial charge in [0.05, 0.1) is 22.2 Å². The SMILES string of the molecule is O=S1(=O)CC(S(=O)(=O)c2cccc(OCCCO)c2)c2ccccc21. The molecule has 2 aromatic rings. The van der Waals surface area contributed by atoms with Gasteiger partial charge in [-0.05, 0) is 29.8 Å². The third-order valence-corrected chi connectivity index (χ3v) is 8.16. The van der Waals surface area contributed by atoms with E-state index in [2.05, 4.69) is 0 Å². The van der Waals surface area contributed by atoms with E-state index in [-0.39, 0.29) is 23.0 Å².